The lowest BCUT2D eigenvalue weighted by Crippen LogP contribution is -2.25. The number of carbonyl (C=O) groups excluding carboxylic acids is 2. The summed E-state index contributed by atoms with van der Waals surface area (Å²) in [5.41, 5.74) is 4.83. The quantitative estimate of drug-likeness (QED) is 0.175. The van der Waals surface area contributed by atoms with E-state index in [-0.39, 0.29) is 29.5 Å². The van der Waals surface area contributed by atoms with Gasteiger partial charge in [0.2, 0.25) is 11.0 Å². The van der Waals surface area contributed by atoms with Gasteiger partial charge in [-0.25, -0.2) is 0 Å². The van der Waals surface area contributed by atoms with E-state index >= 15 is 0 Å². The summed E-state index contributed by atoms with van der Waals surface area (Å²) in [4.78, 5) is 25.6. The summed E-state index contributed by atoms with van der Waals surface area (Å²) >= 11 is 4.20. The standard InChI is InChI=1S/C28H33N7O2S3/c1-7-38-27-34-32-25(40-27)30-23(36)16-39-26-33-31-22(35(26)21-10-8-9-17(2)18(21)3)15-29-24(37)19-11-13-20(14-12-19)28(4,5)6/h8-14H,7,15-16H2,1-6H3,(H,29,37)(H,30,32,36). The minimum Gasteiger partial charge on any atom is -0.345 e. The van der Waals surface area contributed by atoms with E-state index in [0.29, 0.717) is 21.7 Å². The second-order valence-electron chi connectivity index (χ2n) is 10.1. The molecule has 0 radical (unpaired) electrons. The molecule has 0 spiro atoms. The second-order valence-corrected chi connectivity index (χ2v) is 13.5. The molecule has 0 aliphatic carbocycles. The van der Waals surface area contributed by atoms with Gasteiger partial charge in [-0.1, -0.05) is 86.8 Å². The monoisotopic (exact) mass is 595 g/mol. The highest BCUT2D eigenvalue weighted by atomic mass is 32.2. The van der Waals surface area contributed by atoms with E-state index in [0.717, 1.165) is 32.5 Å². The molecule has 0 saturated heterocycles. The van der Waals surface area contributed by atoms with Crippen molar-refractivity contribution in [3.05, 3.63) is 70.5 Å². The Morgan fingerprint density at radius 3 is 2.42 bits per heavy atom. The van der Waals surface area contributed by atoms with Crippen LogP contribution in [0.5, 0.6) is 0 Å². The number of nitrogens with zero attached hydrogens (tertiary/aromatic N) is 5. The SMILES string of the molecule is CCSc1nnc(NC(=O)CSc2nnc(CNC(=O)c3ccc(C(C)(C)C)cc3)n2-c2cccc(C)c2C)s1. The van der Waals surface area contributed by atoms with Crippen molar-refractivity contribution < 1.29 is 9.59 Å². The summed E-state index contributed by atoms with van der Waals surface area (Å²) in [5, 5.41) is 23.7. The molecule has 0 atom stereocenters. The average molecular weight is 596 g/mol. The first-order valence-corrected chi connectivity index (χ1v) is 15.6. The molecule has 0 saturated carbocycles. The number of anilines is 1. The summed E-state index contributed by atoms with van der Waals surface area (Å²) < 4.78 is 2.72. The Morgan fingerprint density at radius 1 is 0.975 bits per heavy atom. The zero-order valence-corrected chi connectivity index (χ0v) is 25.9. The number of amides is 2. The lowest BCUT2D eigenvalue weighted by molar-refractivity contribution is -0.113. The molecular weight excluding hydrogens is 563 g/mol. The third-order valence-electron chi connectivity index (χ3n) is 6.19. The van der Waals surface area contributed by atoms with Gasteiger partial charge in [0.05, 0.1) is 18.0 Å². The number of benzene rings is 2. The number of hydrogen-bond acceptors (Lipinski definition) is 9. The molecule has 2 heterocycles. The van der Waals surface area contributed by atoms with Crippen molar-refractivity contribution >= 4 is 51.8 Å². The molecule has 0 bridgehead atoms. The smallest absolute Gasteiger partial charge is 0.251 e. The van der Waals surface area contributed by atoms with Crippen LogP contribution in [0.1, 0.15) is 60.6 Å². The van der Waals surface area contributed by atoms with Crippen LogP contribution >= 0.6 is 34.9 Å². The van der Waals surface area contributed by atoms with Crippen LogP contribution in [0.15, 0.2) is 52.0 Å². The van der Waals surface area contributed by atoms with Crippen molar-refractivity contribution in [3.63, 3.8) is 0 Å². The Hall–Kier alpha value is -3.22. The Labute approximate surface area is 247 Å². The minimum absolute atomic E-state index is 0.0102. The fourth-order valence-electron chi connectivity index (χ4n) is 3.84. The predicted molar refractivity (Wildman–Crippen MR) is 163 cm³/mol. The van der Waals surface area contributed by atoms with Gasteiger partial charge in [-0.2, -0.15) is 0 Å². The van der Waals surface area contributed by atoms with Gasteiger partial charge in [-0.05, 0) is 59.9 Å². The van der Waals surface area contributed by atoms with Crippen LogP contribution in [0.2, 0.25) is 0 Å². The van der Waals surface area contributed by atoms with Crippen LogP contribution in [-0.4, -0.2) is 48.3 Å². The minimum atomic E-state index is -0.210. The molecule has 4 aromatic rings. The Bertz CT molecular complexity index is 1490. The normalized spacial score (nSPS) is 11.4. The van der Waals surface area contributed by atoms with E-state index in [1.807, 2.05) is 67.8 Å². The molecule has 9 nitrogen and oxygen atoms in total. The molecule has 2 aromatic carbocycles. The van der Waals surface area contributed by atoms with Crippen LogP contribution in [0, 0.1) is 13.8 Å². The summed E-state index contributed by atoms with van der Waals surface area (Å²) in [5.74, 6) is 1.17. The summed E-state index contributed by atoms with van der Waals surface area (Å²) in [6.07, 6.45) is 0. The van der Waals surface area contributed by atoms with Crippen LogP contribution in [0.4, 0.5) is 5.13 Å². The third-order valence-corrected chi connectivity index (χ3v) is 8.97. The maximum atomic E-state index is 12.9. The van der Waals surface area contributed by atoms with Crippen molar-refractivity contribution in [2.24, 2.45) is 0 Å². The van der Waals surface area contributed by atoms with E-state index in [1.165, 1.54) is 23.1 Å². The molecule has 0 fully saturated rings. The summed E-state index contributed by atoms with van der Waals surface area (Å²) in [7, 11) is 0. The molecule has 2 amide bonds. The van der Waals surface area contributed by atoms with E-state index in [2.05, 4.69) is 51.8 Å². The fourth-order valence-corrected chi connectivity index (χ4v) is 6.27. The molecule has 0 aliphatic rings. The maximum Gasteiger partial charge on any atom is 0.251 e. The van der Waals surface area contributed by atoms with E-state index in [9.17, 15) is 9.59 Å². The van der Waals surface area contributed by atoms with Gasteiger partial charge < -0.3 is 5.32 Å². The van der Waals surface area contributed by atoms with Crippen molar-refractivity contribution in [1.29, 1.82) is 0 Å². The maximum absolute atomic E-state index is 12.9. The fraction of sp³-hybridized carbons (Fsp3) is 0.357. The number of aromatic nitrogens is 5. The van der Waals surface area contributed by atoms with Gasteiger partial charge >= 0.3 is 0 Å². The highest BCUT2D eigenvalue weighted by Gasteiger charge is 2.20. The largest absolute Gasteiger partial charge is 0.345 e. The molecular formula is C28H33N7O2S3. The number of thioether (sulfide) groups is 2. The van der Waals surface area contributed by atoms with Crippen LogP contribution in [0.25, 0.3) is 5.69 Å². The first kappa shape index (κ1) is 29.8. The van der Waals surface area contributed by atoms with E-state index in [1.54, 1.807) is 11.8 Å². The second kappa shape index (κ2) is 13.0. The Balaban J connectivity index is 1.50. The van der Waals surface area contributed by atoms with Crippen molar-refractivity contribution in [3.8, 4) is 5.69 Å². The van der Waals surface area contributed by atoms with Gasteiger partial charge in [0, 0.05) is 5.56 Å². The average Bonchev–Trinajstić information content (AvgIpc) is 3.53. The molecule has 40 heavy (non-hydrogen) atoms. The lowest BCUT2D eigenvalue weighted by atomic mass is 9.87. The van der Waals surface area contributed by atoms with Crippen molar-refractivity contribution in [2.45, 2.75) is 63.0 Å². The zero-order valence-electron chi connectivity index (χ0n) is 23.4. The van der Waals surface area contributed by atoms with Crippen LogP contribution in [-0.2, 0) is 16.8 Å². The van der Waals surface area contributed by atoms with Gasteiger partial charge in [0.25, 0.3) is 5.91 Å². The molecule has 4 rings (SSSR count). The summed E-state index contributed by atoms with van der Waals surface area (Å²) in [6.45, 7) is 12.7. The Morgan fingerprint density at radius 2 is 1.73 bits per heavy atom. The zero-order chi connectivity index (χ0) is 28.9. The topological polar surface area (TPSA) is 115 Å². The molecule has 210 valence electrons. The van der Waals surface area contributed by atoms with E-state index < -0.39 is 0 Å². The van der Waals surface area contributed by atoms with Crippen LogP contribution in [0.3, 0.4) is 0 Å². The number of nitrogens with one attached hydrogen (secondary N) is 2. The van der Waals surface area contributed by atoms with Crippen LogP contribution < -0.4 is 10.6 Å². The molecule has 2 aromatic heterocycles. The van der Waals surface area contributed by atoms with Crippen molar-refractivity contribution in [2.75, 3.05) is 16.8 Å². The highest BCUT2D eigenvalue weighted by molar-refractivity contribution is 8.01. The van der Waals surface area contributed by atoms with Gasteiger partial charge in [0.1, 0.15) is 0 Å². The van der Waals surface area contributed by atoms with Gasteiger partial charge in [-0.3, -0.25) is 19.5 Å². The third kappa shape index (κ3) is 7.29. The Kier molecular flexibility index (Phi) is 9.64. The van der Waals surface area contributed by atoms with E-state index in [4.69, 9.17) is 0 Å². The highest BCUT2D eigenvalue weighted by Crippen LogP contribution is 2.28. The first-order valence-electron chi connectivity index (χ1n) is 12.9. The van der Waals surface area contributed by atoms with Crippen molar-refractivity contribution in [1.82, 2.24) is 30.3 Å². The number of hydrogen-bond donors (Lipinski definition) is 2. The number of carbonyl (C=O) groups is 2. The van der Waals surface area contributed by atoms with Gasteiger partial charge in [0.15, 0.2) is 15.3 Å². The molecule has 0 aliphatic heterocycles. The molecule has 12 heteroatoms. The molecule has 0 unspecified atom stereocenters. The molecule has 2 N–H and O–H groups in total. The first-order chi connectivity index (χ1) is 19.1. The van der Waals surface area contributed by atoms with Gasteiger partial charge in [-0.15, -0.1) is 20.4 Å². The summed E-state index contributed by atoms with van der Waals surface area (Å²) in [6, 6.07) is 13.6. The predicted octanol–water partition coefficient (Wildman–Crippen LogP) is 5.81. The number of rotatable bonds is 10. The lowest BCUT2D eigenvalue weighted by Gasteiger charge is -2.19. The number of aryl methyl sites for hydroxylation is 1.